The van der Waals surface area contributed by atoms with E-state index in [0.717, 1.165) is 29.7 Å². The van der Waals surface area contributed by atoms with E-state index >= 15 is 0 Å². The van der Waals surface area contributed by atoms with Gasteiger partial charge in [0, 0.05) is 45.3 Å². The number of hydrogen-bond acceptors (Lipinski definition) is 9. The molecule has 1 saturated carbocycles. The number of carbonyl (C=O) groups excluding carboxylic acids is 2. The van der Waals surface area contributed by atoms with Crippen LogP contribution in [0.5, 0.6) is 0 Å². The highest BCUT2D eigenvalue weighted by Gasteiger charge is 2.37. The molecule has 3 unspecified atom stereocenters. The van der Waals surface area contributed by atoms with Crippen molar-refractivity contribution in [3.63, 3.8) is 0 Å². The first-order chi connectivity index (χ1) is 18.0. The fourth-order valence-corrected chi connectivity index (χ4v) is 7.48. The predicted octanol–water partition coefficient (Wildman–Crippen LogP) is 4.45. The van der Waals surface area contributed by atoms with Crippen LogP contribution < -0.4 is 0 Å². The van der Waals surface area contributed by atoms with Gasteiger partial charge in [-0.3, -0.25) is 9.59 Å². The van der Waals surface area contributed by atoms with Crippen LogP contribution in [-0.4, -0.2) is 61.8 Å². The van der Waals surface area contributed by atoms with Gasteiger partial charge in [-0.25, -0.2) is 13.4 Å². The minimum atomic E-state index is -3.30. The molecule has 3 atom stereocenters. The summed E-state index contributed by atoms with van der Waals surface area (Å²) in [5.41, 5.74) is -0.501. The molecule has 1 aliphatic heterocycles. The van der Waals surface area contributed by atoms with E-state index in [2.05, 4.69) is 4.98 Å². The molecule has 208 valence electrons. The smallest absolute Gasteiger partial charge is 0.191 e. The second kappa shape index (κ2) is 12.0. The number of aliphatic hydroxyl groups is 1. The molecular formula is C28H37NO7S2. The molecule has 0 spiro atoms. The number of Topliss-reactive ketones (excluding diaryl/α,β-unsaturated/α-hetero) is 2. The third-order valence-corrected chi connectivity index (χ3v) is 11.4. The Labute approximate surface area is 228 Å². The van der Waals surface area contributed by atoms with E-state index in [1.807, 2.05) is 0 Å². The first-order valence-electron chi connectivity index (χ1n) is 13.2. The van der Waals surface area contributed by atoms with Crippen LogP contribution in [0.1, 0.15) is 85.0 Å². The van der Waals surface area contributed by atoms with Crippen molar-refractivity contribution in [2.45, 2.75) is 86.6 Å². The monoisotopic (exact) mass is 563 g/mol. The first-order valence-corrected chi connectivity index (χ1v) is 15.6. The summed E-state index contributed by atoms with van der Waals surface area (Å²) in [5.74, 6) is -0.376. The van der Waals surface area contributed by atoms with E-state index in [1.165, 1.54) is 13.3 Å². The maximum absolute atomic E-state index is 13.5. The number of ether oxygens (including phenoxy) is 2. The molecule has 0 bridgehead atoms. The number of ketones is 2. The normalized spacial score (nSPS) is 20.0. The molecule has 0 radical (unpaired) electrons. The summed E-state index contributed by atoms with van der Waals surface area (Å²) < 4.78 is 35.9. The molecule has 10 heteroatoms. The highest BCUT2D eigenvalue weighted by atomic mass is 32.2. The van der Waals surface area contributed by atoms with E-state index < -0.39 is 27.5 Å². The standard InChI is InChI=1S/C28H37NO7S2/c1-18(35-3)28(2,32)26-17-29-27(37-26)25(31)11-10-24(30)23(16-19-12-14-36-15-13-19)20-4-6-21(7-5-20)38(33,34)22-8-9-22/h4-7,17-19,22-23,32H,8-16H2,1-3H3. The van der Waals surface area contributed by atoms with Gasteiger partial charge in [-0.05, 0) is 69.6 Å². The second-order valence-corrected chi connectivity index (χ2v) is 13.9. The number of hydrogen-bond donors (Lipinski definition) is 1. The first kappa shape index (κ1) is 29.0. The summed E-state index contributed by atoms with van der Waals surface area (Å²) in [4.78, 5) is 31.4. The van der Waals surface area contributed by atoms with Gasteiger partial charge in [0.25, 0.3) is 0 Å². The molecule has 1 saturated heterocycles. The number of carbonyl (C=O) groups is 2. The van der Waals surface area contributed by atoms with Crippen LogP contribution in [0.2, 0.25) is 0 Å². The fourth-order valence-electron chi connectivity index (χ4n) is 4.81. The molecule has 38 heavy (non-hydrogen) atoms. The lowest BCUT2D eigenvalue weighted by Gasteiger charge is -2.27. The van der Waals surface area contributed by atoms with Crippen LogP contribution in [0, 0.1) is 5.92 Å². The van der Waals surface area contributed by atoms with Crippen LogP contribution in [0.25, 0.3) is 0 Å². The SMILES string of the molecule is COC(C)C(C)(O)c1cnc(C(=O)CCC(=O)C(CC2CCOCC2)c2ccc(S(=O)(=O)C3CC3)cc2)s1. The average molecular weight is 564 g/mol. The van der Waals surface area contributed by atoms with Crippen LogP contribution in [0.15, 0.2) is 35.4 Å². The van der Waals surface area contributed by atoms with Gasteiger partial charge in [-0.1, -0.05) is 12.1 Å². The quantitative estimate of drug-likeness (QED) is 0.355. The number of nitrogens with zero attached hydrogens (tertiary/aromatic N) is 1. The van der Waals surface area contributed by atoms with E-state index in [-0.39, 0.29) is 34.7 Å². The Morgan fingerprint density at radius 1 is 1.16 bits per heavy atom. The summed E-state index contributed by atoms with van der Waals surface area (Å²) in [6.45, 7) is 4.70. The largest absolute Gasteiger partial charge is 0.382 e. The minimum absolute atomic E-state index is 0.0200. The topological polar surface area (TPSA) is 120 Å². The average Bonchev–Trinajstić information content (AvgIpc) is 3.67. The summed E-state index contributed by atoms with van der Waals surface area (Å²) in [5, 5.41) is 10.7. The molecule has 2 aliphatic rings. The van der Waals surface area contributed by atoms with Crippen molar-refractivity contribution in [3.8, 4) is 0 Å². The lowest BCUT2D eigenvalue weighted by molar-refractivity contribution is -0.121. The van der Waals surface area contributed by atoms with Gasteiger partial charge in [-0.2, -0.15) is 0 Å². The summed E-state index contributed by atoms with van der Waals surface area (Å²) in [6.07, 6.45) is 4.88. The van der Waals surface area contributed by atoms with Gasteiger partial charge >= 0.3 is 0 Å². The van der Waals surface area contributed by atoms with Gasteiger partial charge in [0.2, 0.25) is 0 Å². The Morgan fingerprint density at radius 2 is 1.82 bits per heavy atom. The number of aromatic nitrogens is 1. The molecule has 1 aliphatic carbocycles. The third-order valence-electron chi connectivity index (χ3n) is 7.86. The number of thiazole rings is 1. The van der Waals surface area contributed by atoms with Gasteiger partial charge in [0.15, 0.2) is 20.6 Å². The van der Waals surface area contributed by atoms with E-state index in [4.69, 9.17) is 9.47 Å². The minimum Gasteiger partial charge on any atom is -0.382 e. The van der Waals surface area contributed by atoms with Crippen molar-refractivity contribution < 1.29 is 32.6 Å². The highest BCUT2D eigenvalue weighted by molar-refractivity contribution is 7.92. The Balaban J connectivity index is 1.46. The molecule has 1 N–H and O–H groups in total. The second-order valence-electron chi connectivity index (χ2n) is 10.6. The van der Waals surface area contributed by atoms with Crippen LogP contribution in [-0.2, 0) is 29.7 Å². The number of benzene rings is 1. The van der Waals surface area contributed by atoms with Gasteiger partial charge in [0.1, 0.15) is 11.4 Å². The number of methoxy groups -OCH3 is 1. The van der Waals surface area contributed by atoms with Crippen molar-refractivity contribution in [2.24, 2.45) is 5.92 Å². The van der Waals surface area contributed by atoms with Gasteiger partial charge in [0.05, 0.1) is 21.1 Å². The van der Waals surface area contributed by atoms with Crippen molar-refractivity contribution >= 4 is 32.7 Å². The van der Waals surface area contributed by atoms with Crippen LogP contribution >= 0.6 is 11.3 Å². The Morgan fingerprint density at radius 3 is 2.42 bits per heavy atom. The van der Waals surface area contributed by atoms with Crippen molar-refractivity contribution in [1.29, 1.82) is 0 Å². The van der Waals surface area contributed by atoms with E-state index in [0.29, 0.717) is 48.2 Å². The summed E-state index contributed by atoms with van der Waals surface area (Å²) in [6, 6.07) is 6.74. The molecule has 1 aromatic heterocycles. The lowest BCUT2D eigenvalue weighted by Crippen LogP contribution is -2.34. The third kappa shape index (κ3) is 6.59. The molecule has 2 fully saturated rings. The number of sulfone groups is 1. The molecule has 2 aromatic rings. The zero-order valence-corrected chi connectivity index (χ0v) is 23.9. The van der Waals surface area contributed by atoms with Crippen molar-refractivity contribution in [3.05, 3.63) is 45.9 Å². The van der Waals surface area contributed by atoms with Crippen LogP contribution in [0.4, 0.5) is 0 Å². The molecule has 4 rings (SSSR count). The Hall–Kier alpha value is -1.98. The Kier molecular flexibility index (Phi) is 9.19. The lowest BCUT2D eigenvalue weighted by atomic mass is 9.81. The molecule has 8 nitrogen and oxygen atoms in total. The predicted molar refractivity (Wildman–Crippen MR) is 144 cm³/mol. The maximum Gasteiger partial charge on any atom is 0.191 e. The summed E-state index contributed by atoms with van der Waals surface area (Å²) in [7, 11) is -1.79. The van der Waals surface area contributed by atoms with Crippen molar-refractivity contribution in [1.82, 2.24) is 4.98 Å². The summed E-state index contributed by atoms with van der Waals surface area (Å²) >= 11 is 1.12. The fraction of sp³-hybridized carbons (Fsp3) is 0.607. The van der Waals surface area contributed by atoms with E-state index in [1.54, 1.807) is 38.1 Å². The molecule has 1 aromatic carbocycles. The van der Waals surface area contributed by atoms with Gasteiger partial charge < -0.3 is 14.6 Å². The highest BCUT2D eigenvalue weighted by Crippen LogP contribution is 2.36. The van der Waals surface area contributed by atoms with Gasteiger partial charge in [-0.15, -0.1) is 11.3 Å². The zero-order chi connectivity index (χ0) is 27.5. The van der Waals surface area contributed by atoms with E-state index in [9.17, 15) is 23.1 Å². The maximum atomic E-state index is 13.5. The zero-order valence-electron chi connectivity index (χ0n) is 22.2. The van der Waals surface area contributed by atoms with Crippen molar-refractivity contribution in [2.75, 3.05) is 20.3 Å². The Bertz CT molecular complexity index is 1230. The van der Waals surface area contributed by atoms with Crippen LogP contribution in [0.3, 0.4) is 0 Å². The molecular weight excluding hydrogens is 526 g/mol. The molecule has 0 amide bonds. The number of rotatable bonds is 13. The molecule has 2 heterocycles.